The number of halogens is 3. The number of aromatic amines is 1. The molecule has 0 bridgehead atoms. The van der Waals surface area contributed by atoms with E-state index < -0.39 is 11.1 Å². The molecule has 144 valence electrons. The van der Waals surface area contributed by atoms with Crippen LogP contribution in [0.1, 0.15) is 25.0 Å². The summed E-state index contributed by atoms with van der Waals surface area (Å²) in [5, 5.41) is 0.838. The number of para-hydroxylation sites is 1. The number of pyridine rings is 1. The van der Waals surface area contributed by atoms with E-state index in [1.807, 2.05) is 32.0 Å². The minimum absolute atomic E-state index is 0.0395. The molecule has 0 saturated carbocycles. The van der Waals surface area contributed by atoms with Crippen molar-refractivity contribution in [2.24, 2.45) is 0 Å². The summed E-state index contributed by atoms with van der Waals surface area (Å²) in [6, 6.07) is 13.4. The molecule has 2 heterocycles. The van der Waals surface area contributed by atoms with E-state index in [4.69, 9.17) is 4.74 Å². The number of nitrogens with one attached hydrogen (secondary N) is 1. The van der Waals surface area contributed by atoms with E-state index in [0.29, 0.717) is 28.0 Å². The Balaban J connectivity index is 1.91. The highest BCUT2D eigenvalue weighted by molar-refractivity contribution is 8.00. The first-order valence-electron chi connectivity index (χ1n) is 8.56. The summed E-state index contributed by atoms with van der Waals surface area (Å²) in [6.07, 6.45) is 1.77. The molecule has 3 aromatic rings. The van der Waals surface area contributed by atoms with Crippen LogP contribution in [0, 0.1) is 0 Å². The molecule has 3 nitrogen and oxygen atoms in total. The van der Waals surface area contributed by atoms with Gasteiger partial charge >= 0.3 is 5.51 Å². The summed E-state index contributed by atoms with van der Waals surface area (Å²) < 4.78 is 44.4. The summed E-state index contributed by atoms with van der Waals surface area (Å²) in [5.41, 5.74) is -3.29. The van der Waals surface area contributed by atoms with Gasteiger partial charge in [0.1, 0.15) is 11.4 Å². The minimum atomic E-state index is -4.40. The molecule has 2 aromatic carbocycles. The predicted octanol–water partition coefficient (Wildman–Crippen LogP) is 5.74. The van der Waals surface area contributed by atoms with Crippen LogP contribution in [0.3, 0.4) is 0 Å². The number of rotatable bonds is 2. The molecule has 0 aliphatic carbocycles. The average Bonchev–Trinajstić information content (AvgIpc) is 2.59. The number of thioether (sulfide) groups is 1. The minimum Gasteiger partial charge on any atom is -0.483 e. The lowest BCUT2D eigenvalue weighted by Gasteiger charge is -2.31. The molecule has 0 amide bonds. The number of hydrogen-bond acceptors (Lipinski definition) is 3. The molecule has 28 heavy (non-hydrogen) atoms. The SMILES string of the molecule is CC1(C)C=C(c2cc3ccccc3[nH]c2=O)c2cc(SC(F)(F)F)ccc2O1. The van der Waals surface area contributed by atoms with E-state index in [-0.39, 0.29) is 22.2 Å². The molecule has 1 N–H and O–H groups in total. The maximum Gasteiger partial charge on any atom is 0.446 e. The predicted molar refractivity (Wildman–Crippen MR) is 105 cm³/mol. The zero-order chi connectivity index (χ0) is 20.1. The zero-order valence-electron chi connectivity index (χ0n) is 15.1. The van der Waals surface area contributed by atoms with Crippen LogP contribution in [-0.4, -0.2) is 16.1 Å². The lowest BCUT2D eigenvalue weighted by molar-refractivity contribution is -0.0328. The summed E-state index contributed by atoms with van der Waals surface area (Å²) in [4.78, 5) is 15.6. The van der Waals surface area contributed by atoms with Crippen LogP contribution in [0.5, 0.6) is 5.75 Å². The molecule has 0 radical (unpaired) electrons. The topological polar surface area (TPSA) is 42.1 Å². The van der Waals surface area contributed by atoms with Crippen LogP contribution in [0.15, 0.2) is 64.3 Å². The molecule has 4 rings (SSSR count). The van der Waals surface area contributed by atoms with Crippen LogP contribution in [0.2, 0.25) is 0 Å². The van der Waals surface area contributed by atoms with Gasteiger partial charge in [0.25, 0.3) is 5.56 Å². The molecule has 0 fully saturated rings. The van der Waals surface area contributed by atoms with E-state index in [0.717, 1.165) is 5.39 Å². The van der Waals surface area contributed by atoms with Gasteiger partial charge in [-0.05, 0) is 73.0 Å². The second-order valence-corrected chi connectivity index (χ2v) is 8.21. The molecule has 1 aliphatic rings. The van der Waals surface area contributed by atoms with Gasteiger partial charge in [0.15, 0.2) is 0 Å². The Morgan fingerprint density at radius 3 is 2.54 bits per heavy atom. The van der Waals surface area contributed by atoms with Gasteiger partial charge in [0, 0.05) is 21.5 Å². The first-order valence-corrected chi connectivity index (χ1v) is 9.37. The molecule has 7 heteroatoms. The molecule has 0 atom stereocenters. The van der Waals surface area contributed by atoms with Gasteiger partial charge in [0.05, 0.1) is 0 Å². The number of benzene rings is 2. The van der Waals surface area contributed by atoms with Gasteiger partial charge in [0.2, 0.25) is 0 Å². The van der Waals surface area contributed by atoms with Gasteiger partial charge in [-0.2, -0.15) is 13.2 Å². The van der Waals surface area contributed by atoms with E-state index >= 15 is 0 Å². The third-order valence-electron chi connectivity index (χ3n) is 4.38. The number of aromatic nitrogens is 1. The van der Waals surface area contributed by atoms with Crippen molar-refractivity contribution in [3.63, 3.8) is 0 Å². The molecular formula is C21H16F3NO2S. The van der Waals surface area contributed by atoms with Crippen LogP contribution in [-0.2, 0) is 0 Å². The number of alkyl halides is 3. The normalized spacial score (nSPS) is 15.7. The fourth-order valence-electron chi connectivity index (χ4n) is 3.31. The first-order chi connectivity index (χ1) is 13.1. The summed E-state index contributed by atoms with van der Waals surface area (Å²) >= 11 is -0.191. The zero-order valence-corrected chi connectivity index (χ0v) is 15.9. The molecular weight excluding hydrogens is 387 g/mol. The maximum atomic E-state index is 12.8. The van der Waals surface area contributed by atoms with Gasteiger partial charge in [-0.25, -0.2) is 0 Å². The largest absolute Gasteiger partial charge is 0.483 e. The Hall–Kier alpha value is -2.67. The second kappa shape index (κ2) is 6.44. The van der Waals surface area contributed by atoms with Crippen molar-refractivity contribution in [1.29, 1.82) is 0 Å². The number of H-pyrrole nitrogens is 1. The van der Waals surface area contributed by atoms with Crippen LogP contribution < -0.4 is 10.3 Å². The standard InChI is InChI=1S/C21H16F3NO2S/c1-20(2)11-16(15-9-12-5-3-4-6-17(12)25-19(15)26)14-10-13(28-21(22,23)24)7-8-18(14)27-20/h3-11H,1-2H3,(H,25,26). The van der Waals surface area contributed by atoms with E-state index in [9.17, 15) is 18.0 Å². The first kappa shape index (κ1) is 18.7. The van der Waals surface area contributed by atoms with Gasteiger partial charge in [-0.15, -0.1) is 0 Å². The van der Waals surface area contributed by atoms with Crippen molar-refractivity contribution < 1.29 is 17.9 Å². The summed E-state index contributed by atoms with van der Waals surface area (Å²) in [7, 11) is 0. The highest BCUT2D eigenvalue weighted by Crippen LogP contribution is 2.43. The lowest BCUT2D eigenvalue weighted by Crippen LogP contribution is -2.30. The smallest absolute Gasteiger partial charge is 0.446 e. The fraction of sp³-hybridized carbons (Fsp3) is 0.190. The Kier molecular flexibility index (Phi) is 4.30. The third-order valence-corrected chi connectivity index (χ3v) is 5.10. The Morgan fingerprint density at radius 1 is 1.04 bits per heavy atom. The third kappa shape index (κ3) is 3.67. The van der Waals surface area contributed by atoms with Crippen molar-refractivity contribution in [2.75, 3.05) is 0 Å². The monoisotopic (exact) mass is 403 g/mol. The van der Waals surface area contributed by atoms with Gasteiger partial charge in [-0.1, -0.05) is 18.2 Å². The van der Waals surface area contributed by atoms with Crippen LogP contribution in [0.4, 0.5) is 13.2 Å². The van der Waals surface area contributed by atoms with Crippen molar-refractivity contribution in [3.8, 4) is 5.75 Å². The molecule has 0 spiro atoms. The van der Waals surface area contributed by atoms with Crippen molar-refractivity contribution in [3.05, 3.63) is 76.1 Å². The Morgan fingerprint density at radius 2 is 1.79 bits per heavy atom. The van der Waals surface area contributed by atoms with E-state index in [1.165, 1.54) is 18.2 Å². The fourth-order valence-corrected chi connectivity index (χ4v) is 3.89. The van der Waals surface area contributed by atoms with Crippen molar-refractivity contribution in [1.82, 2.24) is 4.98 Å². The lowest BCUT2D eigenvalue weighted by atomic mass is 9.90. The maximum absolute atomic E-state index is 12.8. The summed E-state index contributed by atoms with van der Waals surface area (Å²) in [5.74, 6) is 0.446. The van der Waals surface area contributed by atoms with Crippen molar-refractivity contribution >= 4 is 28.2 Å². The molecule has 1 aliphatic heterocycles. The molecule has 0 unspecified atom stereocenters. The van der Waals surface area contributed by atoms with Gasteiger partial charge in [-0.3, -0.25) is 4.79 Å². The van der Waals surface area contributed by atoms with Crippen molar-refractivity contribution in [2.45, 2.75) is 29.9 Å². The van der Waals surface area contributed by atoms with Gasteiger partial charge < -0.3 is 9.72 Å². The number of ether oxygens (including phenoxy) is 1. The Labute approximate surface area is 163 Å². The molecule has 0 saturated heterocycles. The van der Waals surface area contributed by atoms with E-state index in [1.54, 1.807) is 18.2 Å². The van der Waals surface area contributed by atoms with Crippen LogP contribution >= 0.6 is 11.8 Å². The van der Waals surface area contributed by atoms with Crippen LogP contribution in [0.25, 0.3) is 16.5 Å². The van der Waals surface area contributed by atoms with E-state index in [2.05, 4.69) is 4.98 Å². The highest BCUT2D eigenvalue weighted by atomic mass is 32.2. The highest BCUT2D eigenvalue weighted by Gasteiger charge is 2.32. The second-order valence-electron chi connectivity index (χ2n) is 7.07. The average molecular weight is 403 g/mol. The number of fused-ring (bicyclic) bond motifs is 2. The summed E-state index contributed by atoms with van der Waals surface area (Å²) in [6.45, 7) is 3.67. The quantitative estimate of drug-likeness (QED) is 0.555. The number of hydrogen-bond donors (Lipinski definition) is 1. The Bertz CT molecular complexity index is 1160. The molecule has 1 aromatic heterocycles.